The summed E-state index contributed by atoms with van der Waals surface area (Å²) in [4.78, 5) is 13.3. The Balaban J connectivity index is 1.53. The maximum atomic E-state index is 13.1. The van der Waals surface area contributed by atoms with E-state index in [9.17, 15) is 13.2 Å². The van der Waals surface area contributed by atoms with E-state index in [1.54, 1.807) is 42.5 Å². The van der Waals surface area contributed by atoms with Gasteiger partial charge in [0.05, 0.1) is 16.6 Å². The first kappa shape index (κ1) is 24.0. The van der Waals surface area contributed by atoms with Crippen LogP contribution in [-0.2, 0) is 22.9 Å². The van der Waals surface area contributed by atoms with Gasteiger partial charge in [0.15, 0.2) is 0 Å². The number of hydrogen-bond acceptors (Lipinski definition) is 3. The Morgan fingerprint density at radius 2 is 1.62 bits per heavy atom. The fourth-order valence-electron chi connectivity index (χ4n) is 4.43. The van der Waals surface area contributed by atoms with Gasteiger partial charge >= 0.3 is 0 Å². The molecule has 6 heteroatoms. The van der Waals surface area contributed by atoms with E-state index in [1.165, 1.54) is 24.0 Å². The van der Waals surface area contributed by atoms with Crippen LogP contribution in [0.4, 0.5) is 5.69 Å². The molecule has 0 aliphatic heterocycles. The quantitative estimate of drug-likeness (QED) is 0.448. The van der Waals surface area contributed by atoms with Crippen molar-refractivity contribution in [2.75, 3.05) is 4.72 Å². The number of sulfonamides is 1. The molecule has 3 aromatic carbocycles. The van der Waals surface area contributed by atoms with Gasteiger partial charge in [-0.1, -0.05) is 48.9 Å². The van der Waals surface area contributed by atoms with Crippen LogP contribution in [0.5, 0.6) is 0 Å². The van der Waals surface area contributed by atoms with Crippen LogP contribution >= 0.6 is 0 Å². The van der Waals surface area contributed by atoms with Gasteiger partial charge < -0.3 is 5.32 Å². The molecule has 0 radical (unpaired) electrons. The van der Waals surface area contributed by atoms with Crippen molar-refractivity contribution in [3.8, 4) is 0 Å². The molecular weight excluding hydrogens is 444 g/mol. The molecule has 3 aromatic rings. The van der Waals surface area contributed by atoms with Crippen molar-refractivity contribution in [2.24, 2.45) is 0 Å². The highest BCUT2D eigenvalue weighted by molar-refractivity contribution is 7.92. The number of aryl methyl sites for hydroxylation is 4. The first-order chi connectivity index (χ1) is 16.3. The molecule has 1 atom stereocenters. The van der Waals surface area contributed by atoms with Gasteiger partial charge in [0.1, 0.15) is 0 Å². The molecule has 1 aliphatic rings. The number of fused-ring (bicyclic) bond motifs is 1. The average Bonchev–Trinajstić information content (AvgIpc) is 2.83. The lowest BCUT2D eigenvalue weighted by molar-refractivity contribution is 0.0935. The van der Waals surface area contributed by atoms with Crippen molar-refractivity contribution in [3.63, 3.8) is 0 Å². The number of nitrogens with one attached hydrogen (secondary N) is 2. The average molecular weight is 477 g/mol. The van der Waals surface area contributed by atoms with Gasteiger partial charge in [-0.15, -0.1) is 0 Å². The largest absolute Gasteiger partial charge is 0.345 e. The molecule has 0 aromatic heterocycles. The second-order valence-corrected chi connectivity index (χ2v) is 10.8. The third-order valence-electron chi connectivity index (χ3n) is 6.56. The smallest absolute Gasteiger partial charge is 0.261 e. The summed E-state index contributed by atoms with van der Waals surface area (Å²) in [7, 11) is -3.76. The number of carbonyl (C=O) groups is 1. The Bertz CT molecular complexity index is 1300. The van der Waals surface area contributed by atoms with Crippen LogP contribution in [-0.4, -0.2) is 14.3 Å². The highest BCUT2D eigenvalue weighted by Gasteiger charge is 2.19. The van der Waals surface area contributed by atoms with Crippen LogP contribution in [0, 0.1) is 13.8 Å². The third-order valence-corrected chi connectivity index (χ3v) is 7.95. The standard InChI is InChI=1S/C28H32N2O3S/c1-4-26(23-14-13-21-7-5-6-8-22(21)17-23)29-28(31)24-12-11-20(3)27(18-24)30-34(32,33)25-15-9-19(2)10-16-25/h9-18,26,30H,4-8H2,1-3H3,(H,29,31)/t26-/m1/s1. The molecule has 178 valence electrons. The van der Waals surface area contributed by atoms with Crippen molar-refractivity contribution >= 4 is 21.6 Å². The van der Waals surface area contributed by atoms with Gasteiger partial charge in [-0.3, -0.25) is 9.52 Å². The minimum atomic E-state index is -3.76. The Kier molecular flexibility index (Phi) is 7.08. The zero-order valence-electron chi connectivity index (χ0n) is 20.0. The zero-order valence-corrected chi connectivity index (χ0v) is 20.8. The van der Waals surface area contributed by atoms with Crippen molar-refractivity contribution in [1.82, 2.24) is 5.32 Å². The number of benzene rings is 3. The van der Waals surface area contributed by atoms with Crippen LogP contribution in [0.25, 0.3) is 0 Å². The Morgan fingerprint density at radius 3 is 2.32 bits per heavy atom. The van der Waals surface area contributed by atoms with Gasteiger partial charge in [0.25, 0.3) is 15.9 Å². The van der Waals surface area contributed by atoms with Crippen LogP contribution in [0.1, 0.15) is 70.4 Å². The fourth-order valence-corrected chi connectivity index (χ4v) is 5.55. The lowest BCUT2D eigenvalue weighted by Crippen LogP contribution is -2.28. The zero-order chi connectivity index (χ0) is 24.3. The molecule has 0 spiro atoms. The van der Waals surface area contributed by atoms with E-state index in [2.05, 4.69) is 35.2 Å². The SMILES string of the molecule is CC[C@@H](NC(=O)c1ccc(C)c(NS(=O)(=O)c2ccc(C)cc2)c1)c1ccc2c(c1)CCCC2. The van der Waals surface area contributed by atoms with Crippen molar-refractivity contribution < 1.29 is 13.2 Å². The van der Waals surface area contributed by atoms with E-state index < -0.39 is 10.0 Å². The highest BCUT2D eigenvalue weighted by Crippen LogP contribution is 2.27. The summed E-state index contributed by atoms with van der Waals surface area (Å²) < 4.78 is 28.4. The van der Waals surface area contributed by atoms with E-state index in [0.717, 1.165) is 36.0 Å². The minimum absolute atomic E-state index is 0.103. The maximum Gasteiger partial charge on any atom is 0.261 e. The third kappa shape index (κ3) is 5.33. The van der Waals surface area contributed by atoms with E-state index in [4.69, 9.17) is 0 Å². The molecule has 5 nitrogen and oxygen atoms in total. The Labute approximate surface area is 202 Å². The number of carbonyl (C=O) groups excluding carboxylic acids is 1. The molecule has 4 rings (SSSR count). The summed E-state index contributed by atoms with van der Waals surface area (Å²) >= 11 is 0. The summed E-state index contributed by atoms with van der Waals surface area (Å²) in [6, 6.07) is 18.2. The van der Waals surface area contributed by atoms with Gasteiger partial charge in [-0.05, 0) is 92.5 Å². The number of rotatable bonds is 7. The van der Waals surface area contributed by atoms with Crippen LogP contribution in [0.3, 0.4) is 0 Å². The molecule has 1 aliphatic carbocycles. The summed E-state index contributed by atoms with van der Waals surface area (Å²) in [5, 5.41) is 3.14. The van der Waals surface area contributed by atoms with Gasteiger partial charge in [0, 0.05) is 5.56 Å². The summed E-state index contributed by atoms with van der Waals surface area (Å²) in [6.07, 6.45) is 5.44. The Hall–Kier alpha value is -3.12. The molecule has 0 unspecified atom stereocenters. The second-order valence-electron chi connectivity index (χ2n) is 9.12. The normalized spacial score (nSPS) is 14.2. The summed E-state index contributed by atoms with van der Waals surface area (Å²) in [6.45, 7) is 5.78. The van der Waals surface area contributed by atoms with Crippen molar-refractivity contribution in [3.05, 3.63) is 94.0 Å². The fraction of sp³-hybridized carbons (Fsp3) is 0.321. The lowest BCUT2D eigenvalue weighted by atomic mass is 9.88. The molecule has 34 heavy (non-hydrogen) atoms. The molecular formula is C28H32N2O3S. The summed E-state index contributed by atoms with van der Waals surface area (Å²) in [5.41, 5.74) is 6.47. The van der Waals surface area contributed by atoms with E-state index in [-0.39, 0.29) is 16.8 Å². The van der Waals surface area contributed by atoms with Gasteiger partial charge in [0.2, 0.25) is 0 Å². The number of hydrogen-bond donors (Lipinski definition) is 2. The first-order valence-corrected chi connectivity index (χ1v) is 13.4. The van der Waals surface area contributed by atoms with Crippen LogP contribution < -0.4 is 10.0 Å². The second kappa shape index (κ2) is 10.0. The molecule has 1 amide bonds. The molecule has 0 heterocycles. The maximum absolute atomic E-state index is 13.1. The highest BCUT2D eigenvalue weighted by atomic mass is 32.2. The van der Waals surface area contributed by atoms with Crippen molar-refractivity contribution in [2.45, 2.75) is 63.8 Å². The first-order valence-electron chi connectivity index (χ1n) is 11.9. The van der Waals surface area contributed by atoms with Gasteiger partial charge in [-0.25, -0.2) is 8.42 Å². The predicted octanol–water partition coefficient (Wildman–Crippen LogP) is 5.86. The predicted molar refractivity (Wildman–Crippen MR) is 137 cm³/mol. The molecule has 2 N–H and O–H groups in total. The lowest BCUT2D eigenvalue weighted by Gasteiger charge is -2.22. The molecule has 0 saturated heterocycles. The van der Waals surface area contributed by atoms with E-state index in [1.807, 2.05) is 13.8 Å². The van der Waals surface area contributed by atoms with E-state index >= 15 is 0 Å². The molecule has 0 fully saturated rings. The van der Waals surface area contributed by atoms with Crippen molar-refractivity contribution in [1.29, 1.82) is 0 Å². The summed E-state index contributed by atoms with van der Waals surface area (Å²) in [5.74, 6) is -0.222. The topological polar surface area (TPSA) is 75.3 Å². The minimum Gasteiger partial charge on any atom is -0.345 e. The Morgan fingerprint density at radius 1 is 0.912 bits per heavy atom. The monoisotopic (exact) mass is 476 g/mol. The van der Waals surface area contributed by atoms with E-state index in [0.29, 0.717) is 11.3 Å². The number of amides is 1. The van der Waals surface area contributed by atoms with Gasteiger partial charge in [-0.2, -0.15) is 0 Å². The molecule has 0 bridgehead atoms. The molecule has 0 saturated carbocycles. The number of anilines is 1. The van der Waals surface area contributed by atoms with Crippen LogP contribution in [0.15, 0.2) is 65.6 Å². The van der Waals surface area contributed by atoms with Crippen LogP contribution in [0.2, 0.25) is 0 Å².